The number of ether oxygens (including phenoxy) is 1. The normalized spacial score (nSPS) is 10.7. The molecule has 6 heteroatoms. The molecule has 0 bridgehead atoms. The average molecular weight is 314 g/mol. The Morgan fingerprint density at radius 2 is 1.52 bits per heavy atom. The number of aryl methyl sites for hydroxylation is 1. The number of hydrogen-bond donors (Lipinski definition) is 0. The van der Waals surface area contributed by atoms with Gasteiger partial charge < -0.3 is 9.29 Å². The predicted octanol–water partition coefficient (Wildman–Crippen LogP) is -0.643. The summed E-state index contributed by atoms with van der Waals surface area (Å²) in [6, 6.07) is 16.9. The van der Waals surface area contributed by atoms with Gasteiger partial charge in [-0.2, -0.15) is 0 Å². The Labute approximate surface area is 147 Å². The van der Waals surface area contributed by atoms with E-state index in [-0.39, 0.29) is 41.7 Å². The molecule has 0 N–H and O–H groups in total. The van der Waals surface area contributed by atoms with E-state index in [1.165, 1.54) is 0 Å². The molecule has 0 radical (unpaired) electrons. The Bertz CT molecular complexity index is 639. The molecule has 106 valence electrons. The average Bonchev–Trinajstić information content (AvgIpc) is 2.44. The topological polar surface area (TPSA) is 66.4 Å². The first kappa shape index (κ1) is 18.2. The summed E-state index contributed by atoms with van der Waals surface area (Å²) in [7, 11) is -4.16. The predicted molar refractivity (Wildman–Crippen MR) is 75.5 cm³/mol. The van der Waals surface area contributed by atoms with Crippen LogP contribution in [0.1, 0.15) is 11.1 Å². The second-order valence-electron chi connectivity index (χ2n) is 4.43. The first-order chi connectivity index (χ1) is 9.53. The number of hydrogen-bond acceptors (Lipinski definition) is 4. The summed E-state index contributed by atoms with van der Waals surface area (Å²) < 4.78 is 37.3. The van der Waals surface area contributed by atoms with E-state index in [1.807, 2.05) is 30.3 Å². The Morgan fingerprint density at radius 3 is 2.10 bits per heavy atom. The van der Waals surface area contributed by atoms with Gasteiger partial charge in [-0.25, -0.2) is 8.42 Å². The summed E-state index contributed by atoms with van der Waals surface area (Å²) in [5, 5.41) is 0. The molecule has 0 unspecified atom stereocenters. The van der Waals surface area contributed by atoms with E-state index in [0.29, 0.717) is 12.4 Å². The molecule has 0 amide bonds. The van der Waals surface area contributed by atoms with Crippen molar-refractivity contribution >= 4 is 10.1 Å². The second-order valence-corrected chi connectivity index (χ2v) is 5.95. The Balaban J connectivity index is 0.00000220. The molecular weight excluding hydrogens is 299 g/mol. The molecule has 2 aromatic rings. The maximum atomic E-state index is 10.6. The number of benzene rings is 2. The Morgan fingerprint density at radius 1 is 0.905 bits per heavy atom. The maximum absolute atomic E-state index is 10.6. The molecular formula is C15H15NaO4S. The zero-order valence-electron chi connectivity index (χ0n) is 11.9. The molecule has 4 nitrogen and oxygen atoms in total. The van der Waals surface area contributed by atoms with Gasteiger partial charge in [0.2, 0.25) is 0 Å². The first-order valence-corrected chi connectivity index (χ1v) is 7.80. The van der Waals surface area contributed by atoms with Crippen LogP contribution >= 0.6 is 0 Å². The minimum absolute atomic E-state index is 0. The molecule has 0 saturated carbocycles. The standard InChI is InChI=1S/C15H16O4S.Na/c16-20(17,18)11-10-13-6-8-15(9-7-13)19-12-14-4-2-1-3-5-14;/h1-9H,10-12H2,(H,16,17,18);/q;+1/p-1. The maximum Gasteiger partial charge on any atom is 1.00 e. The monoisotopic (exact) mass is 314 g/mol. The fourth-order valence-corrected chi connectivity index (χ4v) is 2.22. The minimum atomic E-state index is -4.16. The van der Waals surface area contributed by atoms with E-state index in [0.717, 1.165) is 11.1 Å². The van der Waals surface area contributed by atoms with Crippen LogP contribution in [-0.2, 0) is 23.1 Å². The second kappa shape index (κ2) is 8.56. The molecule has 21 heavy (non-hydrogen) atoms. The third-order valence-corrected chi connectivity index (χ3v) is 3.52. The van der Waals surface area contributed by atoms with Crippen LogP contribution in [0.5, 0.6) is 5.75 Å². The van der Waals surface area contributed by atoms with Crippen LogP contribution in [0, 0.1) is 0 Å². The van der Waals surface area contributed by atoms with E-state index in [4.69, 9.17) is 4.74 Å². The van der Waals surface area contributed by atoms with Gasteiger partial charge >= 0.3 is 29.6 Å². The van der Waals surface area contributed by atoms with Gasteiger partial charge in [-0.1, -0.05) is 42.5 Å². The van der Waals surface area contributed by atoms with Gasteiger partial charge in [-0.15, -0.1) is 0 Å². The van der Waals surface area contributed by atoms with Gasteiger partial charge in [0, 0.05) is 5.75 Å². The summed E-state index contributed by atoms with van der Waals surface area (Å²) in [6.07, 6.45) is 0.227. The Kier molecular flexibility index (Phi) is 7.42. The van der Waals surface area contributed by atoms with Gasteiger partial charge in [0.1, 0.15) is 12.4 Å². The molecule has 0 heterocycles. The van der Waals surface area contributed by atoms with Crippen LogP contribution in [0.25, 0.3) is 0 Å². The van der Waals surface area contributed by atoms with E-state index >= 15 is 0 Å². The van der Waals surface area contributed by atoms with E-state index in [1.54, 1.807) is 24.3 Å². The van der Waals surface area contributed by atoms with Crippen molar-refractivity contribution in [1.82, 2.24) is 0 Å². The van der Waals surface area contributed by atoms with Crippen LogP contribution in [0.3, 0.4) is 0 Å². The van der Waals surface area contributed by atoms with Crippen molar-refractivity contribution in [3.63, 3.8) is 0 Å². The first-order valence-electron chi connectivity index (χ1n) is 6.22. The molecule has 0 aliphatic heterocycles. The summed E-state index contributed by atoms with van der Waals surface area (Å²) >= 11 is 0. The fourth-order valence-electron chi connectivity index (χ4n) is 1.74. The molecule has 0 fully saturated rings. The summed E-state index contributed by atoms with van der Waals surface area (Å²) in [6.45, 7) is 0.481. The van der Waals surface area contributed by atoms with Gasteiger partial charge in [0.05, 0.1) is 10.1 Å². The van der Waals surface area contributed by atoms with Crippen LogP contribution in [0.4, 0.5) is 0 Å². The molecule has 0 spiro atoms. The van der Waals surface area contributed by atoms with Crippen LogP contribution < -0.4 is 34.3 Å². The van der Waals surface area contributed by atoms with E-state index in [9.17, 15) is 13.0 Å². The molecule has 2 aromatic carbocycles. The van der Waals surface area contributed by atoms with Gasteiger partial charge in [0.15, 0.2) is 0 Å². The van der Waals surface area contributed by atoms with Gasteiger partial charge in [0.25, 0.3) is 0 Å². The summed E-state index contributed by atoms with van der Waals surface area (Å²) in [5.41, 5.74) is 1.88. The smallest absolute Gasteiger partial charge is 0.748 e. The van der Waals surface area contributed by atoms with Crippen molar-refractivity contribution in [2.24, 2.45) is 0 Å². The zero-order chi connectivity index (χ0) is 14.4. The molecule has 0 aliphatic rings. The molecule has 0 aliphatic carbocycles. The van der Waals surface area contributed by atoms with E-state index < -0.39 is 10.1 Å². The van der Waals surface area contributed by atoms with Crippen LogP contribution in [0.2, 0.25) is 0 Å². The SMILES string of the molecule is O=S(=O)([O-])CCc1ccc(OCc2ccccc2)cc1.[Na+]. The zero-order valence-corrected chi connectivity index (χ0v) is 14.7. The molecule has 0 saturated heterocycles. The van der Waals surface area contributed by atoms with Crippen molar-refractivity contribution in [3.05, 3.63) is 65.7 Å². The third-order valence-electron chi connectivity index (χ3n) is 2.81. The number of rotatable bonds is 6. The van der Waals surface area contributed by atoms with Crippen molar-refractivity contribution in [3.8, 4) is 5.75 Å². The van der Waals surface area contributed by atoms with Crippen molar-refractivity contribution in [2.75, 3.05) is 5.75 Å². The quantitative estimate of drug-likeness (QED) is 0.525. The van der Waals surface area contributed by atoms with E-state index in [2.05, 4.69) is 0 Å². The minimum Gasteiger partial charge on any atom is -0.748 e. The van der Waals surface area contributed by atoms with Crippen LogP contribution in [0.15, 0.2) is 54.6 Å². The van der Waals surface area contributed by atoms with Crippen LogP contribution in [-0.4, -0.2) is 18.7 Å². The summed E-state index contributed by atoms with van der Waals surface area (Å²) in [5.74, 6) is 0.333. The van der Waals surface area contributed by atoms with Crippen molar-refractivity contribution in [1.29, 1.82) is 0 Å². The van der Waals surface area contributed by atoms with Crippen molar-refractivity contribution in [2.45, 2.75) is 13.0 Å². The third kappa shape index (κ3) is 7.11. The largest absolute Gasteiger partial charge is 1.00 e. The molecule has 0 atom stereocenters. The van der Waals surface area contributed by atoms with Gasteiger partial charge in [-0.3, -0.25) is 0 Å². The molecule has 0 aromatic heterocycles. The van der Waals surface area contributed by atoms with Gasteiger partial charge in [-0.05, 0) is 29.7 Å². The Hall–Kier alpha value is -0.850. The summed E-state index contributed by atoms with van der Waals surface area (Å²) in [4.78, 5) is 0. The fraction of sp³-hybridized carbons (Fsp3) is 0.200. The molecule has 2 rings (SSSR count). The van der Waals surface area contributed by atoms with Crippen molar-refractivity contribution < 1.29 is 47.3 Å².